The maximum atomic E-state index is 11.1. The van der Waals surface area contributed by atoms with Crippen molar-refractivity contribution in [1.29, 1.82) is 0 Å². The summed E-state index contributed by atoms with van der Waals surface area (Å²) in [6.07, 6.45) is 1.82. The Labute approximate surface area is 112 Å². The molecule has 2 rings (SSSR count). The third kappa shape index (κ3) is 2.32. The lowest BCUT2D eigenvalue weighted by molar-refractivity contribution is -0.142. The van der Waals surface area contributed by atoms with E-state index in [9.17, 15) is 4.79 Å². The van der Waals surface area contributed by atoms with Crippen molar-refractivity contribution >= 4 is 5.97 Å². The fourth-order valence-electron chi connectivity index (χ4n) is 2.60. The Bertz CT molecular complexity index is 495. The van der Waals surface area contributed by atoms with Gasteiger partial charge in [-0.3, -0.25) is 4.79 Å². The van der Waals surface area contributed by atoms with Crippen LogP contribution in [0.3, 0.4) is 0 Å². The number of hydrogen-bond donors (Lipinski definition) is 1. The molecule has 1 aromatic rings. The average Bonchev–Trinajstić information content (AvgIpc) is 2.44. The van der Waals surface area contributed by atoms with Gasteiger partial charge in [0.15, 0.2) is 11.5 Å². The molecule has 0 saturated carbocycles. The minimum atomic E-state index is -0.762. The van der Waals surface area contributed by atoms with E-state index in [-0.39, 0.29) is 5.92 Å². The van der Waals surface area contributed by atoms with Crippen LogP contribution in [-0.4, -0.2) is 32.4 Å². The quantitative estimate of drug-likeness (QED) is 0.901. The van der Waals surface area contributed by atoms with Gasteiger partial charge in [-0.1, -0.05) is 0 Å². The highest BCUT2D eigenvalue weighted by Gasteiger charge is 2.29. The predicted molar refractivity (Wildman–Crippen MR) is 69.2 cm³/mol. The summed E-state index contributed by atoms with van der Waals surface area (Å²) in [5.74, 6) is 0.603. The van der Waals surface area contributed by atoms with Crippen LogP contribution in [0.25, 0.3) is 0 Å². The van der Waals surface area contributed by atoms with E-state index >= 15 is 0 Å². The third-order valence-electron chi connectivity index (χ3n) is 3.59. The van der Waals surface area contributed by atoms with Crippen molar-refractivity contribution in [3.8, 4) is 17.2 Å². The maximum absolute atomic E-state index is 11.1. The first-order valence-electron chi connectivity index (χ1n) is 6.15. The van der Waals surface area contributed by atoms with E-state index in [1.807, 2.05) is 6.07 Å². The number of aryl methyl sites for hydroxylation is 1. The van der Waals surface area contributed by atoms with E-state index in [2.05, 4.69) is 0 Å². The Morgan fingerprint density at radius 2 is 1.89 bits per heavy atom. The van der Waals surface area contributed by atoms with Crippen molar-refractivity contribution in [2.75, 3.05) is 21.3 Å². The van der Waals surface area contributed by atoms with Crippen LogP contribution >= 0.6 is 0 Å². The van der Waals surface area contributed by atoms with Gasteiger partial charge in [-0.15, -0.1) is 0 Å². The zero-order valence-electron chi connectivity index (χ0n) is 11.4. The summed E-state index contributed by atoms with van der Waals surface area (Å²) < 4.78 is 16.0. The van der Waals surface area contributed by atoms with E-state index in [0.717, 1.165) is 11.1 Å². The number of benzene rings is 1. The van der Waals surface area contributed by atoms with Crippen molar-refractivity contribution < 1.29 is 24.1 Å². The number of carbonyl (C=O) groups is 1. The highest BCUT2D eigenvalue weighted by atomic mass is 16.5. The van der Waals surface area contributed by atoms with Gasteiger partial charge in [0.25, 0.3) is 0 Å². The van der Waals surface area contributed by atoms with Gasteiger partial charge >= 0.3 is 5.97 Å². The zero-order valence-corrected chi connectivity index (χ0v) is 11.4. The first-order chi connectivity index (χ1) is 9.12. The number of carboxylic acids is 1. The molecule has 104 valence electrons. The third-order valence-corrected chi connectivity index (χ3v) is 3.59. The summed E-state index contributed by atoms with van der Waals surface area (Å²) in [7, 11) is 4.68. The summed E-state index contributed by atoms with van der Waals surface area (Å²) in [5, 5.41) is 9.16. The molecular formula is C14H18O5. The normalized spacial score (nSPS) is 17.5. The number of aliphatic carboxylic acids is 1. The number of hydrogen-bond acceptors (Lipinski definition) is 4. The molecule has 0 heterocycles. The van der Waals surface area contributed by atoms with Crippen LogP contribution < -0.4 is 14.2 Å². The average molecular weight is 266 g/mol. The SMILES string of the molecule is COc1cc2c(c(OC)c1OC)CC(C(=O)O)CC2. The molecule has 1 aromatic carbocycles. The van der Waals surface area contributed by atoms with Crippen molar-refractivity contribution in [3.63, 3.8) is 0 Å². The summed E-state index contributed by atoms with van der Waals surface area (Å²) in [4.78, 5) is 11.1. The molecule has 0 aromatic heterocycles. The molecule has 0 spiro atoms. The van der Waals surface area contributed by atoms with Crippen LogP contribution in [0, 0.1) is 5.92 Å². The van der Waals surface area contributed by atoms with Crippen LogP contribution in [0.15, 0.2) is 6.07 Å². The van der Waals surface area contributed by atoms with Crippen molar-refractivity contribution in [2.45, 2.75) is 19.3 Å². The largest absolute Gasteiger partial charge is 0.493 e. The lowest BCUT2D eigenvalue weighted by atomic mass is 9.83. The fourth-order valence-corrected chi connectivity index (χ4v) is 2.60. The minimum Gasteiger partial charge on any atom is -0.493 e. The molecular weight excluding hydrogens is 248 g/mol. The van der Waals surface area contributed by atoms with E-state index in [4.69, 9.17) is 19.3 Å². The highest BCUT2D eigenvalue weighted by molar-refractivity contribution is 5.72. The van der Waals surface area contributed by atoms with Gasteiger partial charge in [-0.2, -0.15) is 0 Å². The van der Waals surface area contributed by atoms with Gasteiger partial charge in [-0.05, 0) is 30.9 Å². The number of fused-ring (bicyclic) bond motifs is 1. The topological polar surface area (TPSA) is 65.0 Å². The van der Waals surface area contributed by atoms with E-state index in [1.165, 1.54) is 0 Å². The molecule has 5 nitrogen and oxygen atoms in total. The zero-order chi connectivity index (χ0) is 14.0. The molecule has 0 bridgehead atoms. The smallest absolute Gasteiger partial charge is 0.306 e. The van der Waals surface area contributed by atoms with Crippen molar-refractivity contribution in [3.05, 3.63) is 17.2 Å². The fraction of sp³-hybridized carbons (Fsp3) is 0.500. The van der Waals surface area contributed by atoms with Crippen molar-refractivity contribution in [2.24, 2.45) is 5.92 Å². The van der Waals surface area contributed by atoms with Crippen LogP contribution in [-0.2, 0) is 17.6 Å². The second-order valence-electron chi connectivity index (χ2n) is 4.56. The number of ether oxygens (including phenoxy) is 3. The van der Waals surface area contributed by atoms with Crippen molar-refractivity contribution in [1.82, 2.24) is 0 Å². The maximum Gasteiger partial charge on any atom is 0.306 e. The Morgan fingerprint density at radius 3 is 2.42 bits per heavy atom. The highest BCUT2D eigenvalue weighted by Crippen LogP contribution is 2.45. The van der Waals surface area contributed by atoms with E-state index in [0.29, 0.717) is 36.5 Å². The Morgan fingerprint density at radius 1 is 1.21 bits per heavy atom. The molecule has 0 radical (unpaired) electrons. The second-order valence-corrected chi connectivity index (χ2v) is 4.56. The lowest BCUT2D eigenvalue weighted by Gasteiger charge is -2.25. The lowest BCUT2D eigenvalue weighted by Crippen LogP contribution is -2.23. The van der Waals surface area contributed by atoms with Gasteiger partial charge in [-0.25, -0.2) is 0 Å². The minimum absolute atomic E-state index is 0.362. The van der Waals surface area contributed by atoms with Crippen LogP contribution in [0.4, 0.5) is 0 Å². The summed E-state index contributed by atoms with van der Waals surface area (Å²) in [6, 6.07) is 1.91. The van der Waals surface area contributed by atoms with E-state index < -0.39 is 5.97 Å². The Hall–Kier alpha value is -1.91. The number of methoxy groups -OCH3 is 3. The summed E-state index contributed by atoms with van der Waals surface area (Å²) in [6.45, 7) is 0. The van der Waals surface area contributed by atoms with Gasteiger partial charge in [0.2, 0.25) is 5.75 Å². The summed E-state index contributed by atoms with van der Waals surface area (Å²) in [5.41, 5.74) is 1.99. The molecule has 0 amide bonds. The Balaban J connectivity index is 2.52. The number of rotatable bonds is 4. The first kappa shape index (κ1) is 13.5. The van der Waals surface area contributed by atoms with Crippen LogP contribution in [0.2, 0.25) is 0 Å². The molecule has 19 heavy (non-hydrogen) atoms. The first-order valence-corrected chi connectivity index (χ1v) is 6.15. The standard InChI is InChI=1S/C14H18O5/c1-17-11-7-8-4-5-9(14(15)16)6-10(8)12(18-2)13(11)19-3/h7,9H,4-6H2,1-3H3,(H,15,16). The molecule has 1 atom stereocenters. The summed E-state index contributed by atoms with van der Waals surface area (Å²) >= 11 is 0. The molecule has 5 heteroatoms. The van der Waals surface area contributed by atoms with Gasteiger partial charge in [0, 0.05) is 5.56 Å². The molecule has 1 N–H and O–H groups in total. The van der Waals surface area contributed by atoms with Gasteiger partial charge < -0.3 is 19.3 Å². The monoisotopic (exact) mass is 266 g/mol. The van der Waals surface area contributed by atoms with E-state index in [1.54, 1.807) is 21.3 Å². The van der Waals surface area contributed by atoms with Gasteiger partial charge in [0.05, 0.1) is 27.2 Å². The molecule has 1 aliphatic carbocycles. The molecule has 0 saturated heterocycles. The number of carboxylic acid groups (broad SMARTS) is 1. The molecule has 0 aliphatic heterocycles. The molecule has 1 unspecified atom stereocenters. The Kier molecular flexibility index (Phi) is 3.83. The second kappa shape index (κ2) is 5.38. The molecule has 1 aliphatic rings. The van der Waals surface area contributed by atoms with Crippen LogP contribution in [0.1, 0.15) is 17.5 Å². The van der Waals surface area contributed by atoms with Gasteiger partial charge in [0.1, 0.15) is 0 Å². The molecule has 0 fully saturated rings. The van der Waals surface area contributed by atoms with Crippen LogP contribution in [0.5, 0.6) is 17.2 Å². The predicted octanol–water partition coefficient (Wildman–Crippen LogP) is 1.90.